The number of nitrogens with one attached hydrogen (secondary N) is 1. The molecule has 0 heterocycles. The van der Waals surface area contributed by atoms with Crippen molar-refractivity contribution >= 4 is 23.6 Å². The van der Waals surface area contributed by atoms with E-state index in [0.717, 1.165) is 12.1 Å². The van der Waals surface area contributed by atoms with E-state index in [-0.39, 0.29) is 0 Å². The van der Waals surface area contributed by atoms with Crippen molar-refractivity contribution in [3.05, 3.63) is 65.5 Å². The topological polar surface area (TPSA) is 64.6 Å². The molecule has 0 aliphatic carbocycles. The number of carbonyl (C=O) groups is 2. The predicted molar refractivity (Wildman–Crippen MR) is 87.9 cm³/mol. The SMILES string of the molecule is COc1ccccc1/C=C/C(=O)OCC(=O)Nc1ccc(F)c(F)c1F. The van der Waals surface area contributed by atoms with Crippen LogP contribution in [0.1, 0.15) is 5.56 Å². The van der Waals surface area contributed by atoms with Gasteiger partial charge < -0.3 is 14.8 Å². The smallest absolute Gasteiger partial charge is 0.331 e. The molecule has 2 rings (SSSR count). The van der Waals surface area contributed by atoms with Crippen molar-refractivity contribution in [2.75, 3.05) is 19.0 Å². The zero-order valence-corrected chi connectivity index (χ0v) is 13.6. The number of esters is 1. The van der Waals surface area contributed by atoms with Gasteiger partial charge in [0.25, 0.3) is 5.91 Å². The highest BCUT2D eigenvalue weighted by atomic mass is 19.2. The molecule has 0 bridgehead atoms. The number of para-hydroxylation sites is 1. The molecule has 0 atom stereocenters. The fourth-order valence-corrected chi connectivity index (χ4v) is 1.96. The van der Waals surface area contributed by atoms with Gasteiger partial charge in [-0.1, -0.05) is 18.2 Å². The van der Waals surface area contributed by atoms with Gasteiger partial charge in [-0.25, -0.2) is 18.0 Å². The van der Waals surface area contributed by atoms with Gasteiger partial charge in [0.15, 0.2) is 24.1 Å². The standard InChI is InChI=1S/C18H14F3NO4/c1-25-14-5-3-2-4-11(14)6-9-16(24)26-10-15(23)22-13-8-7-12(19)17(20)18(13)21/h2-9H,10H2,1H3,(H,22,23)/b9-6+. The average molecular weight is 365 g/mol. The van der Waals surface area contributed by atoms with Gasteiger partial charge in [0.05, 0.1) is 12.8 Å². The van der Waals surface area contributed by atoms with Gasteiger partial charge in [-0.05, 0) is 24.3 Å². The number of halogens is 3. The molecule has 0 saturated heterocycles. The molecular formula is C18H14F3NO4. The van der Waals surface area contributed by atoms with Gasteiger partial charge in [0.2, 0.25) is 0 Å². The van der Waals surface area contributed by atoms with Gasteiger partial charge >= 0.3 is 5.97 Å². The fraction of sp³-hybridized carbons (Fsp3) is 0.111. The Kier molecular flexibility index (Phi) is 6.37. The van der Waals surface area contributed by atoms with Gasteiger partial charge in [-0.3, -0.25) is 4.79 Å². The molecule has 0 aliphatic heterocycles. The van der Waals surface area contributed by atoms with Crippen LogP contribution in [0.5, 0.6) is 5.75 Å². The Balaban J connectivity index is 1.90. The zero-order chi connectivity index (χ0) is 19.1. The second kappa shape index (κ2) is 8.70. The number of anilines is 1. The lowest BCUT2D eigenvalue weighted by molar-refractivity contribution is -0.142. The number of rotatable bonds is 6. The Morgan fingerprint density at radius 2 is 1.81 bits per heavy atom. The molecule has 2 aromatic rings. The van der Waals surface area contributed by atoms with Crippen molar-refractivity contribution in [1.29, 1.82) is 0 Å². The molecule has 0 aromatic heterocycles. The summed E-state index contributed by atoms with van der Waals surface area (Å²) in [5.41, 5.74) is 0.0646. The summed E-state index contributed by atoms with van der Waals surface area (Å²) in [6.07, 6.45) is 2.53. The fourth-order valence-electron chi connectivity index (χ4n) is 1.96. The third kappa shape index (κ3) is 4.85. The van der Waals surface area contributed by atoms with E-state index in [4.69, 9.17) is 9.47 Å². The number of hydrogen-bond acceptors (Lipinski definition) is 4. The number of benzene rings is 2. The van der Waals surface area contributed by atoms with Gasteiger partial charge in [0.1, 0.15) is 5.75 Å². The lowest BCUT2D eigenvalue weighted by atomic mass is 10.2. The van der Waals surface area contributed by atoms with Crippen molar-refractivity contribution in [3.8, 4) is 5.75 Å². The summed E-state index contributed by atoms with van der Waals surface area (Å²) in [7, 11) is 1.48. The molecule has 0 radical (unpaired) electrons. The number of amides is 1. The summed E-state index contributed by atoms with van der Waals surface area (Å²) in [5, 5.41) is 1.98. The van der Waals surface area contributed by atoms with Crippen LogP contribution in [0.2, 0.25) is 0 Å². The van der Waals surface area contributed by atoms with E-state index in [0.29, 0.717) is 17.4 Å². The summed E-state index contributed by atoms with van der Waals surface area (Å²) >= 11 is 0. The highest BCUT2D eigenvalue weighted by Crippen LogP contribution is 2.20. The molecule has 5 nitrogen and oxygen atoms in total. The summed E-state index contributed by atoms with van der Waals surface area (Å²) < 4.78 is 49.1. The second-order valence-electron chi connectivity index (χ2n) is 4.95. The van der Waals surface area contributed by atoms with Crippen molar-refractivity contribution in [2.24, 2.45) is 0 Å². The molecule has 0 spiro atoms. The number of hydrogen-bond donors (Lipinski definition) is 1. The van der Waals surface area contributed by atoms with Crippen LogP contribution < -0.4 is 10.1 Å². The first-order valence-electron chi connectivity index (χ1n) is 7.33. The van der Waals surface area contributed by atoms with E-state index in [1.165, 1.54) is 13.2 Å². The van der Waals surface area contributed by atoms with Crippen molar-refractivity contribution in [3.63, 3.8) is 0 Å². The van der Waals surface area contributed by atoms with Crippen molar-refractivity contribution in [1.82, 2.24) is 0 Å². The summed E-state index contributed by atoms with van der Waals surface area (Å²) in [6.45, 7) is -0.729. The Morgan fingerprint density at radius 1 is 1.08 bits per heavy atom. The van der Waals surface area contributed by atoms with Crippen LogP contribution in [-0.2, 0) is 14.3 Å². The quantitative estimate of drug-likeness (QED) is 0.485. The minimum atomic E-state index is -1.71. The largest absolute Gasteiger partial charge is 0.496 e. The Hall–Kier alpha value is -3.29. The lowest BCUT2D eigenvalue weighted by Crippen LogP contribution is -2.21. The molecule has 0 saturated carbocycles. The summed E-state index contributed by atoms with van der Waals surface area (Å²) in [6, 6.07) is 8.44. The molecule has 0 aliphatic rings. The minimum Gasteiger partial charge on any atom is -0.496 e. The van der Waals surface area contributed by atoms with Crippen LogP contribution >= 0.6 is 0 Å². The molecule has 0 unspecified atom stereocenters. The third-order valence-electron chi connectivity index (χ3n) is 3.19. The maximum atomic E-state index is 13.4. The molecule has 1 N–H and O–H groups in total. The molecule has 1 amide bonds. The van der Waals surface area contributed by atoms with E-state index in [9.17, 15) is 22.8 Å². The van der Waals surface area contributed by atoms with Crippen LogP contribution in [0, 0.1) is 17.5 Å². The van der Waals surface area contributed by atoms with E-state index < -0.39 is 41.6 Å². The van der Waals surface area contributed by atoms with Crippen LogP contribution in [0.15, 0.2) is 42.5 Å². The average Bonchev–Trinajstić information content (AvgIpc) is 2.65. The molecule has 8 heteroatoms. The molecular weight excluding hydrogens is 351 g/mol. The maximum Gasteiger partial charge on any atom is 0.331 e. The summed E-state index contributed by atoms with van der Waals surface area (Å²) in [4.78, 5) is 23.2. The molecule has 0 fully saturated rings. The van der Waals surface area contributed by atoms with Crippen LogP contribution in [-0.4, -0.2) is 25.6 Å². The normalized spacial score (nSPS) is 10.6. The third-order valence-corrected chi connectivity index (χ3v) is 3.19. The molecule has 2 aromatic carbocycles. The maximum absolute atomic E-state index is 13.4. The van der Waals surface area contributed by atoms with Gasteiger partial charge in [-0.2, -0.15) is 0 Å². The number of methoxy groups -OCH3 is 1. The monoisotopic (exact) mass is 365 g/mol. The van der Waals surface area contributed by atoms with Crippen molar-refractivity contribution in [2.45, 2.75) is 0 Å². The first-order chi connectivity index (χ1) is 12.4. The lowest BCUT2D eigenvalue weighted by Gasteiger charge is -2.07. The molecule has 26 heavy (non-hydrogen) atoms. The first-order valence-corrected chi connectivity index (χ1v) is 7.33. The van der Waals surface area contributed by atoms with E-state index in [1.807, 2.05) is 5.32 Å². The van der Waals surface area contributed by atoms with E-state index in [1.54, 1.807) is 24.3 Å². The minimum absolute atomic E-state index is 0.545. The highest BCUT2D eigenvalue weighted by molar-refractivity contribution is 5.94. The van der Waals surface area contributed by atoms with Crippen LogP contribution in [0.25, 0.3) is 6.08 Å². The Bertz CT molecular complexity index is 852. The number of ether oxygens (including phenoxy) is 2. The van der Waals surface area contributed by atoms with E-state index >= 15 is 0 Å². The van der Waals surface area contributed by atoms with Crippen molar-refractivity contribution < 1.29 is 32.2 Å². The predicted octanol–water partition coefficient (Wildman–Crippen LogP) is 3.31. The first kappa shape index (κ1) is 19.0. The second-order valence-corrected chi connectivity index (χ2v) is 4.95. The van der Waals surface area contributed by atoms with Gasteiger partial charge in [-0.15, -0.1) is 0 Å². The van der Waals surface area contributed by atoms with E-state index in [2.05, 4.69) is 0 Å². The van der Waals surface area contributed by atoms with Crippen LogP contribution in [0.4, 0.5) is 18.9 Å². The van der Waals surface area contributed by atoms with Gasteiger partial charge in [0, 0.05) is 11.6 Å². The van der Waals surface area contributed by atoms with Crippen LogP contribution in [0.3, 0.4) is 0 Å². The summed E-state index contributed by atoms with van der Waals surface area (Å²) in [5.74, 6) is -5.82. The number of carbonyl (C=O) groups excluding carboxylic acids is 2. The highest BCUT2D eigenvalue weighted by Gasteiger charge is 2.15. The Morgan fingerprint density at radius 3 is 2.54 bits per heavy atom. The molecule has 136 valence electrons. The zero-order valence-electron chi connectivity index (χ0n) is 13.6. The Labute approximate surface area is 147 Å².